The van der Waals surface area contributed by atoms with Crippen LogP contribution >= 0.6 is 7.14 Å². The van der Waals surface area contributed by atoms with Crippen molar-refractivity contribution in [2.75, 3.05) is 0 Å². The topological polar surface area (TPSA) is 17.1 Å². The normalized spacial score (nSPS) is 11.8. The zero-order valence-electron chi connectivity index (χ0n) is 26.3. The molecular weight excluding hydrogens is 599 g/mol. The van der Waals surface area contributed by atoms with E-state index in [0.29, 0.717) is 0 Å². The Morgan fingerprint density at radius 2 is 0.604 bits per heavy atom. The Bertz CT molecular complexity index is 2510. The van der Waals surface area contributed by atoms with Gasteiger partial charge in [0, 0.05) is 15.9 Å². The van der Waals surface area contributed by atoms with Gasteiger partial charge in [0.15, 0.2) is 7.14 Å². The van der Waals surface area contributed by atoms with Gasteiger partial charge in [-0.05, 0) is 120 Å². The van der Waals surface area contributed by atoms with Crippen LogP contribution in [0.15, 0.2) is 188 Å². The van der Waals surface area contributed by atoms with Crippen LogP contribution in [0.4, 0.5) is 0 Å². The van der Waals surface area contributed by atoms with Gasteiger partial charge < -0.3 is 4.57 Å². The molecule has 0 aliphatic heterocycles. The molecule has 0 heterocycles. The van der Waals surface area contributed by atoms with E-state index in [1.807, 2.05) is 60.7 Å². The monoisotopic (exact) mass is 630 g/mol. The largest absolute Gasteiger partial charge is 0.309 e. The van der Waals surface area contributed by atoms with Gasteiger partial charge in [-0.15, -0.1) is 0 Å². The average molecular weight is 631 g/mol. The molecule has 0 saturated heterocycles. The molecule has 48 heavy (non-hydrogen) atoms. The smallest absolute Gasteiger partial charge is 0.171 e. The third-order valence-electron chi connectivity index (χ3n) is 9.60. The first-order chi connectivity index (χ1) is 23.6. The summed E-state index contributed by atoms with van der Waals surface area (Å²) >= 11 is 0. The first-order valence-corrected chi connectivity index (χ1v) is 18.1. The molecule has 0 saturated carbocycles. The van der Waals surface area contributed by atoms with E-state index in [9.17, 15) is 0 Å². The standard InChI is InChI=1S/C46H31OP/c47-48(44-15-3-1-4-16-44,45-17-5-2-6-18-45)46-30-42(38-21-19-36-23-32-11-7-9-13-34(32)25-40(36)27-38)29-43(31-46)39-22-20-37-24-33-12-8-10-14-35(33)26-41(37)28-39/h1-31H. The zero-order chi connectivity index (χ0) is 32.1. The Balaban J connectivity index is 1.29. The summed E-state index contributed by atoms with van der Waals surface area (Å²) in [5, 5.41) is 12.2. The maximum Gasteiger partial charge on any atom is 0.171 e. The fraction of sp³-hybridized carbons (Fsp3) is 0. The number of hydrogen-bond donors (Lipinski definition) is 0. The molecule has 226 valence electrons. The van der Waals surface area contributed by atoms with Gasteiger partial charge in [-0.25, -0.2) is 0 Å². The summed E-state index contributed by atoms with van der Waals surface area (Å²) in [6.45, 7) is 0. The third kappa shape index (κ3) is 4.92. The van der Waals surface area contributed by atoms with E-state index < -0.39 is 7.14 Å². The van der Waals surface area contributed by atoms with Crippen molar-refractivity contribution >= 4 is 66.1 Å². The van der Waals surface area contributed by atoms with E-state index in [1.54, 1.807) is 0 Å². The highest BCUT2D eigenvalue weighted by Crippen LogP contribution is 2.44. The Morgan fingerprint density at radius 3 is 1.02 bits per heavy atom. The molecule has 9 aromatic carbocycles. The van der Waals surface area contributed by atoms with E-state index in [0.717, 1.165) is 38.2 Å². The van der Waals surface area contributed by atoms with Gasteiger partial charge in [0.25, 0.3) is 0 Å². The second-order valence-corrected chi connectivity index (χ2v) is 15.3. The van der Waals surface area contributed by atoms with Crippen LogP contribution in [0.3, 0.4) is 0 Å². The van der Waals surface area contributed by atoms with Gasteiger partial charge in [0.1, 0.15) is 0 Å². The number of fused-ring (bicyclic) bond motifs is 4. The van der Waals surface area contributed by atoms with Crippen molar-refractivity contribution in [3.05, 3.63) is 188 Å². The van der Waals surface area contributed by atoms with E-state index in [1.165, 1.54) is 43.1 Å². The number of hydrogen-bond acceptors (Lipinski definition) is 1. The van der Waals surface area contributed by atoms with E-state index in [-0.39, 0.29) is 0 Å². The number of benzene rings is 9. The molecule has 0 N–H and O–H groups in total. The lowest BCUT2D eigenvalue weighted by atomic mass is 9.94. The molecule has 0 radical (unpaired) electrons. The molecule has 9 aromatic rings. The van der Waals surface area contributed by atoms with Gasteiger partial charge in [-0.1, -0.05) is 133 Å². The summed E-state index contributed by atoms with van der Waals surface area (Å²) in [7, 11) is -3.23. The van der Waals surface area contributed by atoms with Crippen LogP contribution in [0, 0.1) is 0 Å². The summed E-state index contributed by atoms with van der Waals surface area (Å²) in [5.74, 6) is 0. The summed E-state index contributed by atoms with van der Waals surface area (Å²) in [5.41, 5.74) is 4.28. The van der Waals surface area contributed by atoms with E-state index in [2.05, 4.69) is 127 Å². The molecule has 0 amide bonds. The molecule has 0 unspecified atom stereocenters. The molecule has 2 heteroatoms. The minimum atomic E-state index is -3.23. The highest BCUT2D eigenvalue weighted by Gasteiger charge is 2.30. The highest BCUT2D eigenvalue weighted by molar-refractivity contribution is 7.85. The van der Waals surface area contributed by atoms with Crippen molar-refractivity contribution in [2.24, 2.45) is 0 Å². The van der Waals surface area contributed by atoms with Crippen LogP contribution in [-0.2, 0) is 4.57 Å². The summed E-state index contributed by atoms with van der Waals surface area (Å²) in [6, 6.07) is 65.9. The second kappa shape index (κ2) is 11.5. The van der Waals surface area contributed by atoms with Gasteiger partial charge in [-0.2, -0.15) is 0 Å². The lowest BCUT2D eigenvalue weighted by Crippen LogP contribution is -2.25. The molecule has 0 atom stereocenters. The third-order valence-corrected chi connectivity index (χ3v) is 12.6. The van der Waals surface area contributed by atoms with Crippen molar-refractivity contribution in [1.29, 1.82) is 0 Å². The Morgan fingerprint density at radius 1 is 0.250 bits per heavy atom. The molecule has 9 rings (SSSR count). The van der Waals surface area contributed by atoms with E-state index >= 15 is 4.57 Å². The minimum Gasteiger partial charge on any atom is -0.309 e. The first-order valence-electron chi connectivity index (χ1n) is 16.3. The Hall–Kier alpha value is -5.75. The first kappa shape index (κ1) is 28.5. The molecule has 0 aromatic heterocycles. The fourth-order valence-electron chi connectivity index (χ4n) is 7.09. The summed E-state index contributed by atoms with van der Waals surface area (Å²) in [6.07, 6.45) is 0. The van der Waals surface area contributed by atoms with Crippen molar-refractivity contribution in [2.45, 2.75) is 0 Å². The highest BCUT2D eigenvalue weighted by atomic mass is 31.2. The molecule has 0 aliphatic carbocycles. The van der Waals surface area contributed by atoms with Crippen LogP contribution in [0.5, 0.6) is 0 Å². The number of rotatable bonds is 5. The van der Waals surface area contributed by atoms with Crippen LogP contribution in [-0.4, -0.2) is 0 Å². The van der Waals surface area contributed by atoms with Crippen molar-refractivity contribution in [1.82, 2.24) is 0 Å². The lowest BCUT2D eigenvalue weighted by Gasteiger charge is -2.22. The average Bonchev–Trinajstić information content (AvgIpc) is 3.16. The van der Waals surface area contributed by atoms with Crippen molar-refractivity contribution in [3.8, 4) is 22.3 Å². The quantitative estimate of drug-likeness (QED) is 0.137. The maximum absolute atomic E-state index is 15.7. The molecule has 0 bridgehead atoms. The predicted octanol–water partition coefficient (Wildman–Crippen LogP) is 11.3. The van der Waals surface area contributed by atoms with Gasteiger partial charge >= 0.3 is 0 Å². The van der Waals surface area contributed by atoms with Gasteiger partial charge in [-0.3, -0.25) is 0 Å². The van der Waals surface area contributed by atoms with Crippen LogP contribution in [0.1, 0.15) is 0 Å². The fourth-order valence-corrected chi connectivity index (χ4v) is 9.81. The van der Waals surface area contributed by atoms with Crippen LogP contribution in [0.2, 0.25) is 0 Å². The predicted molar refractivity (Wildman–Crippen MR) is 207 cm³/mol. The van der Waals surface area contributed by atoms with Crippen LogP contribution in [0.25, 0.3) is 65.3 Å². The Labute approximate surface area is 280 Å². The second-order valence-electron chi connectivity index (χ2n) is 12.6. The lowest BCUT2D eigenvalue weighted by molar-refractivity contribution is 0.592. The molecule has 0 spiro atoms. The Kier molecular flexibility index (Phi) is 6.82. The van der Waals surface area contributed by atoms with Crippen LogP contribution < -0.4 is 15.9 Å². The van der Waals surface area contributed by atoms with Crippen molar-refractivity contribution < 1.29 is 4.57 Å². The van der Waals surface area contributed by atoms with Gasteiger partial charge in [0.05, 0.1) is 0 Å². The maximum atomic E-state index is 15.7. The summed E-state index contributed by atoms with van der Waals surface area (Å²) < 4.78 is 15.7. The summed E-state index contributed by atoms with van der Waals surface area (Å²) in [4.78, 5) is 0. The SMILES string of the molecule is O=P(c1ccccc1)(c1ccccc1)c1cc(-c2ccc3cc4ccccc4cc3c2)cc(-c2ccc3cc4ccccc4cc3c2)c1. The molecular formula is C46H31OP. The molecule has 0 aliphatic rings. The molecule has 0 fully saturated rings. The minimum absolute atomic E-state index is 0.824. The van der Waals surface area contributed by atoms with E-state index in [4.69, 9.17) is 0 Å². The zero-order valence-corrected chi connectivity index (χ0v) is 27.1. The van der Waals surface area contributed by atoms with Crippen molar-refractivity contribution in [3.63, 3.8) is 0 Å². The molecule has 1 nitrogen and oxygen atoms in total. The van der Waals surface area contributed by atoms with Gasteiger partial charge in [0.2, 0.25) is 0 Å².